The van der Waals surface area contributed by atoms with Crippen molar-refractivity contribution in [1.82, 2.24) is 19.8 Å². The molecule has 0 amide bonds. The monoisotopic (exact) mass is 464 g/mol. The van der Waals surface area contributed by atoms with Gasteiger partial charge in [0.15, 0.2) is 5.82 Å². The Morgan fingerprint density at radius 3 is 2.24 bits per heavy atom. The van der Waals surface area contributed by atoms with E-state index in [9.17, 15) is 0 Å². The molecule has 0 atom stereocenters. The summed E-state index contributed by atoms with van der Waals surface area (Å²) in [5.41, 5.74) is 6.03. The third-order valence-corrected chi connectivity index (χ3v) is 7.99. The van der Waals surface area contributed by atoms with Crippen molar-refractivity contribution in [1.29, 1.82) is 0 Å². The van der Waals surface area contributed by atoms with Crippen LogP contribution in [0.25, 0.3) is 11.4 Å². The second kappa shape index (κ2) is 12.1. The second-order valence-corrected chi connectivity index (χ2v) is 10.1. The number of aryl methyl sites for hydroxylation is 3. The Balaban J connectivity index is 1.34. The van der Waals surface area contributed by atoms with Gasteiger partial charge in [0.25, 0.3) is 0 Å². The third kappa shape index (κ3) is 5.80. The highest BCUT2D eigenvalue weighted by Crippen LogP contribution is 2.30. The lowest BCUT2D eigenvalue weighted by Crippen LogP contribution is -2.49. The highest BCUT2D eigenvalue weighted by atomic mass is 16.5. The van der Waals surface area contributed by atoms with Gasteiger partial charge in [-0.15, -0.1) is 0 Å². The van der Waals surface area contributed by atoms with Gasteiger partial charge in [-0.05, 0) is 69.5 Å². The summed E-state index contributed by atoms with van der Waals surface area (Å²) in [5, 5.41) is 0. The Labute approximate surface area is 206 Å². The van der Waals surface area contributed by atoms with Crippen LogP contribution in [0.3, 0.4) is 0 Å². The zero-order valence-electron chi connectivity index (χ0n) is 21.9. The molecule has 186 valence electrons. The van der Waals surface area contributed by atoms with Crippen LogP contribution in [0.15, 0.2) is 18.2 Å². The van der Waals surface area contributed by atoms with Gasteiger partial charge in [0, 0.05) is 49.0 Å². The first kappa shape index (κ1) is 25.1. The fourth-order valence-electron chi connectivity index (χ4n) is 5.93. The van der Waals surface area contributed by atoms with Crippen LogP contribution in [0.5, 0.6) is 5.88 Å². The number of methoxy groups -OCH3 is 1. The quantitative estimate of drug-likeness (QED) is 0.436. The van der Waals surface area contributed by atoms with E-state index in [1.165, 1.54) is 87.1 Å². The summed E-state index contributed by atoms with van der Waals surface area (Å²) < 4.78 is 5.78. The molecule has 2 fully saturated rings. The molecule has 2 aliphatic rings. The number of hydrogen-bond donors (Lipinski definition) is 0. The maximum absolute atomic E-state index is 5.78. The molecule has 34 heavy (non-hydrogen) atoms. The van der Waals surface area contributed by atoms with Gasteiger partial charge >= 0.3 is 0 Å². The molecule has 0 spiro atoms. The molecule has 1 aliphatic carbocycles. The Kier molecular flexibility index (Phi) is 8.96. The molecular weight excluding hydrogens is 420 g/mol. The smallest absolute Gasteiger partial charge is 0.220 e. The summed E-state index contributed by atoms with van der Waals surface area (Å²) in [4.78, 5) is 15.3. The third-order valence-electron chi connectivity index (χ3n) is 7.99. The summed E-state index contributed by atoms with van der Waals surface area (Å²) >= 11 is 0. The molecule has 1 aromatic heterocycles. The lowest BCUT2D eigenvalue weighted by molar-refractivity contribution is 0.0969. The predicted molar refractivity (Wildman–Crippen MR) is 141 cm³/mol. The van der Waals surface area contributed by atoms with Crippen LogP contribution >= 0.6 is 0 Å². The average molecular weight is 465 g/mol. The molecule has 0 radical (unpaired) electrons. The molecule has 1 saturated heterocycles. The number of ether oxygens (including phenoxy) is 1. The van der Waals surface area contributed by atoms with Gasteiger partial charge in [0.1, 0.15) is 0 Å². The minimum atomic E-state index is 0.751. The summed E-state index contributed by atoms with van der Waals surface area (Å²) in [6, 6.07) is 7.41. The number of rotatable bonds is 10. The maximum Gasteiger partial charge on any atom is 0.220 e. The van der Waals surface area contributed by atoms with Crippen molar-refractivity contribution in [2.24, 2.45) is 0 Å². The fraction of sp³-hybridized carbons (Fsp3) is 0.655. The molecule has 5 nitrogen and oxygen atoms in total. The first-order valence-corrected chi connectivity index (χ1v) is 13.6. The molecule has 1 aromatic carbocycles. The van der Waals surface area contributed by atoms with Crippen molar-refractivity contribution < 1.29 is 4.74 Å². The summed E-state index contributed by atoms with van der Waals surface area (Å²) in [5.74, 6) is 1.56. The lowest BCUT2D eigenvalue weighted by Gasteiger charge is -2.38. The zero-order chi connectivity index (χ0) is 23.9. The Morgan fingerprint density at radius 2 is 1.62 bits per heavy atom. The van der Waals surface area contributed by atoms with Gasteiger partial charge in [-0.2, -0.15) is 4.98 Å². The Morgan fingerprint density at radius 1 is 0.941 bits per heavy atom. The van der Waals surface area contributed by atoms with Crippen molar-refractivity contribution in [2.45, 2.75) is 84.6 Å². The number of hydrogen-bond acceptors (Lipinski definition) is 5. The first-order chi connectivity index (χ1) is 16.6. The standard InChI is InChI=1S/C29H44N4O/c1-5-23-12-11-13-24(6-2)27(23)28-30-22(3)26(29(31-28)34-4)16-9-10-17-32-18-20-33(21-19-32)25-14-7-8-15-25/h11-13,25H,5-10,14-21H2,1-4H3. The lowest BCUT2D eigenvalue weighted by atomic mass is 9.96. The molecule has 1 saturated carbocycles. The van der Waals surface area contributed by atoms with Crippen LogP contribution in [-0.4, -0.2) is 65.6 Å². The zero-order valence-corrected chi connectivity index (χ0v) is 21.9. The van der Waals surface area contributed by atoms with Gasteiger partial charge in [0.05, 0.1) is 7.11 Å². The largest absolute Gasteiger partial charge is 0.481 e. The number of nitrogens with zero attached hydrogens (tertiary/aromatic N) is 4. The van der Waals surface area contributed by atoms with Gasteiger partial charge in [-0.1, -0.05) is 44.9 Å². The van der Waals surface area contributed by atoms with E-state index in [4.69, 9.17) is 14.7 Å². The van der Waals surface area contributed by atoms with Crippen LogP contribution in [0, 0.1) is 6.92 Å². The predicted octanol–water partition coefficient (Wildman–Crippen LogP) is 5.47. The molecule has 0 unspecified atom stereocenters. The van der Waals surface area contributed by atoms with Crippen LogP contribution in [0.4, 0.5) is 0 Å². The van der Waals surface area contributed by atoms with Crippen LogP contribution in [0.1, 0.15) is 74.8 Å². The second-order valence-electron chi connectivity index (χ2n) is 10.1. The van der Waals surface area contributed by atoms with Gasteiger partial charge in [-0.3, -0.25) is 4.90 Å². The number of unbranched alkanes of at least 4 members (excludes halogenated alkanes) is 1. The van der Waals surface area contributed by atoms with E-state index in [1.807, 2.05) is 0 Å². The minimum absolute atomic E-state index is 0.751. The topological polar surface area (TPSA) is 41.5 Å². The van der Waals surface area contributed by atoms with Crippen molar-refractivity contribution in [3.63, 3.8) is 0 Å². The summed E-state index contributed by atoms with van der Waals surface area (Å²) in [6.45, 7) is 12.7. The molecule has 0 bridgehead atoms. The normalized spacial score (nSPS) is 18.0. The minimum Gasteiger partial charge on any atom is -0.481 e. The summed E-state index contributed by atoms with van der Waals surface area (Å²) in [7, 11) is 1.74. The van der Waals surface area contributed by atoms with Gasteiger partial charge in [0.2, 0.25) is 5.88 Å². The molecule has 5 heteroatoms. The van der Waals surface area contributed by atoms with Crippen LogP contribution in [0.2, 0.25) is 0 Å². The van der Waals surface area contributed by atoms with E-state index in [2.05, 4.69) is 48.8 Å². The average Bonchev–Trinajstić information content (AvgIpc) is 3.42. The van der Waals surface area contributed by atoms with E-state index in [-0.39, 0.29) is 0 Å². The van der Waals surface area contributed by atoms with Crippen LogP contribution < -0.4 is 4.74 Å². The van der Waals surface area contributed by atoms with E-state index >= 15 is 0 Å². The fourth-order valence-corrected chi connectivity index (χ4v) is 5.93. The van der Waals surface area contributed by atoms with Crippen molar-refractivity contribution >= 4 is 0 Å². The van der Waals surface area contributed by atoms with Crippen molar-refractivity contribution in [3.8, 4) is 17.3 Å². The Bertz CT molecular complexity index is 908. The van der Waals surface area contributed by atoms with Gasteiger partial charge < -0.3 is 9.64 Å². The number of benzene rings is 1. The van der Waals surface area contributed by atoms with Crippen molar-refractivity contribution in [3.05, 3.63) is 40.6 Å². The number of piperazine rings is 1. The number of aromatic nitrogens is 2. The Hall–Kier alpha value is -1.98. The van der Waals surface area contributed by atoms with Gasteiger partial charge in [-0.25, -0.2) is 4.98 Å². The van der Waals surface area contributed by atoms with E-state index in [0.717, 1.165) is 49.1 Å². The molecule has 2 heterocycles. The summed E-state index contributed by atoms with van der Waals surface area (Å²) in [6.07, 6.45) is 11.0. The van der Waals surface area contributed by atoms with E-state index < -0.39 is 0 Å². The molecular formula is C29H44N4O. The molecule has 4 rings (SSSR count). The maximum atomic E-state index is 5.78. The highest BCUT2D eigenvalue weighted by molar-refractivity contribution is 5.66. The SMILES string of the molecule is CCc1cccc(CC)c1-c1nc(C)c(CCCCN2CCN(C3CCCC3)CC2)c(OC)n1. The van der Waals surface area contributed by atoms with Crippen LogP contribution in [-0.2, 0) is 19.3 Å². The van der Waals surface area contributed by atoms with Crippen molar-refractivity contribution in [2.75, 3.05) is 39.8 Å². The molecule has 0 N–H and O–H groups in total. The first-order valence-electron chi connectivity index (χ1n) is 13.6. The highest BCUT2D eigenvalue weighted by Gasteiger charge is 2.26. The van der Waals surface area contributed by atoms with E-state index in [1.54, 1.807) is 7.11 Å². The molecule has 1 aliphatic heterocycles. The molecule has 2 aromatic rings. The van der Waals surface area contributed by atoms with E-state index in [0.29, 0.717) is 0 Å².